The van der Waals surface area contributed by atoms with Gasteiger partial charge in [-0.15, -0.1) is 0 Å². The second-order valence-corrected chi connectivity index (χ2v) is 9.41. The summed E-state index contributed by atoms with van der Waals surface area (Å²) in [6.45, 7) is 0.957. The molecular formula is C24H23N5O5S. The van der Waals surface area contributed by atoms with Gasteiger partial charge < -0.3 is 4.42 Å². The first-order valence-electron chi connectivity index (χ1n) is 10.6. The molecular weight excluding hydrogens is 470 g/mol. The molecule has 0 radical (unpaired) electrons. The van der Waals surface area contributed by atoms with Gasteiger partial charge in [-0.3, -0.25) is 14.3 Å². The molecule has 0 atom stereocenters. The molecule has 10 nitrogen and oxygen atoms in total. The Labute approximate surface area is 201 Å². The Hall–Kier alpha value is -4.38. The van der Waals surface area contributed by atoms with E-state index < -0.39 is 28.0 Å². The summed E-state index contributed by atoms with van der Waals surface area (Å²) in [6, 6.07) is 19.7. The first-order chi connectivity index (χ1) is 16.8. The van der Waals surface area contributed by atoms with Gasteiger partial charge in [0.25, 0.3) is 21.5 Å². The van der Waals surface area contributed by atoms with Crippen molar-refractivity contribution in [2.45, 2.75) is 11.8 Å². The van der Waals surface area contributed by atoms with Crippen molar-refractivity contribution < 1.29 is 17.6 Å². The van der Waals surface area contributed by atoms with E-state index in [1.54, 1.807) is 73.3 Å². The number of rotatable bonds is 8. The predicted octanol–water partition coefficient (Wildman–Crippen LogP) is 2.42. The molecule has 0 aliphatic heterocycles. The van der Waals surface area contributed by atoms with E-state index in [1.165, 1.54) is 29.3 Å². The molecule has 1 amide bonds. The highest BCUT2D eigenvalue weighted by Gasteiger charge is 2.33. The van der Waals surface area contributed by atoms with Gasteiger partial charge in [0, 0.05) is 7.05 Å². The Bertz CT molecular complexity index is 1510. The first kappa shape index (κ1) is 23.8. The quantitative estimate of drug-likeness (QED) is 0.299. The first-order valence-corrected chi connectivity index (χ1v) is 12.0. The molecule has 2 heterocycles. The van der Waals surface area contributed by atoms with Crippen LogP contribution < -0.4 is 15.3 Å². The molecule has 0 fully saturated rings. The highest BCUT2D eigenvalue weighted by atomic mass is 32.2. The van der Waals surface area contributed by atoms with Crippen LogP contribution in [0.15, 0.2) is 98.3 Å². The van der Waals surface area contributed by atoms with Crippen LogP contribution in [0.5, 0.6) is 0 Å². The van der Waals surface area contributed by atoms with Gasteiger partial charge in [-0.25, -0.2) is 22.8 Å². The molecule has 0 saturated carbocycles. The fourth-order valence-electron chi connectivity index (χ4n) is 3.54. The Morgan fingerprint density at radius 1 is 1.06 bits per heavy atom. The number of hydrogen-bond donors (Lipinski definition) is 1. The Morgan fingerprint density at radius 2 is 1.71 bits per heavy atom. The summed E-state index contributed by atoms with van der Waals surface area (Å²) in [7, 11) is -2.63. The summed E-state index contributed by atoms with van der Waals surface area (Å²) in [5.41, 5.74) is 2.49. The standard InChI is InChI=1S/C24H23N5O5S/c1-18-23(24(31)29(27(18)2)19-10-5-3-6-11-19)28(35(32,33)21-13-7-4-8-14-21)17-22(30)26-25-16-20-12-9-15-34-20/h3-16H,17H2,1-2H3,(H,26,30)/b25-16-. The molecule has 4 rings (SSSR count). The fourth-order valence-corrected chi connectivity index (χ4v) is 5.04. The fraction of sp³-hybridized carbons (Fsp3) is 0.125. The monoisotopic (exact) mass is 493 g/mol. The SMILES string of the molecule is Cc1c(N(CC(=O)N/N=C\c2ccco2)S(=O)(=O)c2ccccc2)c(=O)n(-c2ccccc2)n1C. The number of para-hydroxylation sites is 1. The van der Waals surface area contributed by atoms with Gasteiger partial charge >= 0.3 is 0 Å². The molecule has 0 bridgehead atoms. The van der Waals surface area contributed by atoms with Crippen LogP contribution in [0, 0.1) is 6.92 Å². The van der Waals surface area contributed by atoms with Crippen molar-refractivity contribution in [3.05, 3.63) is 101 Å². The highest BCUT2D eigenvalue weighted by Crippen LogP contribution is 2.25. The van der Waals surface area contributed by atoms with Crippen LogP contribution in [0.1, 0.15) is 11.5 Å². The minimum Gasteiger partial charge on any atom is -0.463 e. The zero-order chi connectivity index (χ0) is 25.0. The molecule has 0 saturated heterocycles. The average Bonchev–Trinajstić information content (AvgIpc) is 3.45. The van der Waals surface area contributed by atoms with Crippen LogP contribution in [0.25, 0.3) is 5.69 Å². The smallest absolute Gasteiger partial charge is 0.296 e. The Balaban J connectivity index is 1.77. The molecule has 11 heteroatoms. The molecule has 2 aromatic heterocycles. The van der Waals surface area contributed by atoms with Crippen LogP contribution in [0.4, 0.5) is 5.69 Å². The van der Waals surface area contributed by atoms with Crippen molar-refractivity contribution >= 4 is 27.8 Å². The van der Waals surface area contributed by atoms with E-state index in [0.717, 1.165) is 4.31 Å². The number of carbonyl (C=O) groups is 1. The van der Waals surface area contributed by atoms with E-state index in [9.17, 15) is 18.0 Å². The lowest BCUT2D eigenvalue weighted by atomic mass is 10.3. The van der Waals surface area contributed by atoms with Gasteiger partial charge in [-0.05, 0) is 43.3 Å². The van der Waals surface area contributed by atoms with Gasteiger partial charge in [0.1, 0.15) is 18.0 Å². The van der Waals surface area contributed by atoms with E-state index in [0.29, 0.717) is 17.1 Å². The van der Waals surface area contributed by atoms with Crippen molar-refractivity contribution in [2.75, 3.05) is 10.8 Å². The maximum Gasteiger partial charge on any atom is 0.296 e. The predicted molar refractivity (Wildman–Crippen MR) is 131 cm³/mol. The highest BCUT2D eigenvalue weighted by molar-refractivity contribution is 7.92. The second-order valence-electron chi connectivity index (χ2n) is 7.54. The summed E-state index contributed by atoms with van der Waals surface area (Å²) in [6.07, 6.45) is 2.73. The zero-order valence-electron chi connectivity index (χ0n) is 19.0. The van der Waals surface area contributed by atoms with Crippen LogP contribution in [-0.2, 0) is 21.9 Å². The van der Waals surface area contributed by atoms with E-state index >= 15 is 0 Å². The Morgan fingerprint density at radius 3 is 2.34 bits per heavy atom. The summed E-state index contributed by atoms with van der Waals surface area (Å²) in [4.78, 5) is 26.2. The second kappa shape index (κ2) is 9.85. The molecule has 0 aliphatic carbocycles. The van der Waals surface area contributed by atoms with E-state index in [2.05, 4.69) is 10.5 Å². The number of benzene rings is 2. The van der Waals surface area contributed by atoms with Crippen molar-refractivity contribution in [2.24, 2.45) is 12.1 Å². The molecule has 0 aliphatic rings. The van der Waals surface area contributed by atoms with Gasteiger partial charge in [0.15, 0.2) is 0 Å². The summed E-state index contributed by atoms with van der Waals surface area (Å²) >= 11 is 0. The topological polar surface area (TPSA) is 119 Å². The number of carbonyl (C=O) groups excluding carboxylic acids is 1. The van der Waals surface area contributed by atoms with Crippen LogP contribution in [-0.4, -0.2) is 36.4 Å². The molecule has 180 valence electrons. The lowest BCUT2D eigenvalue weighted by molar-refractivity contribution is -0.119. The molecule has 4 aromatic rings. The van der Waals surface area contributed by atoms with Crippen molar-refractivity contribution in [1.29, 1.82) is 0 Å². The zero-order valence-corrected chi connectivity index (χ0v) is 19.8. The number of nitrogens with one attached hydrogen (secondary N) is 1. The van der Waals surface area contributed by atoms with Gasteiger partial charge in [-0.1, -0.05) is 36.4 Å². The number of aromatic nitrogens is 2. The van der Waals surface area contributed by atoms with Crippen LogP contribution in [0.3, 0.4) is 0 Å². The van der Waals surface area contributed by atoms with Gasteiger partial charge in [-0.2, -0.15) is 5.10 Å². The van der Waals surface area contributed by atoms with Crippen LogP contribution >= 0.6 is 0 Å². The number of furan rings is 1. The summed E-state index contributed by atoms with van der Waals surface area (Å²) in [5.74, 6) is -0.329. The molecule has 1 N–H and O–H groups in total. The largest absolute Gasteiger partial charge is 0.463 e. The Kier molecular flexibility index (Phi) is 6.69. The molecule has 0 spiro atoms. The van der Waals surface area contributed by atoms with E-state index in [4.69, 9.17) is 4.42 Å². The third-order valence-electron chi connectivity index (χ3n) is 5.32. The third kappa shape index (κ3) is 4.80. The normalized spacial score (nSPS) is 11.6. The van der Waals surface area contributed by atoms with Crippen molar-refractivity contribution in [1.82, 2.24) is 14.8 Å². The maximum absolute atomic E-state index is 13.6. The number of anilines is 1. The maximum atomic E-state index is 13.6. The van der Waals surface area contributed by atoms with E-state index in [1.807, 2.05) is 6.07 Å². The molecule has 35 heavy (non-hydrogen) atoms. The molecule has 0 unspecified atom stereocenters. The van der Waals surface area contributed by atoms with Crippen molar-refractivity contribution in [3.8, 4) is 5.69 Å². The minimum absolute atomic E-state index is 0.0548. The number of nitrogens with zero attached hydrogens (tertiary/aromatic N) is 4. The summed E-state index contributed by atoms with van der Waals surface area (Å²) < 4.78 is 36.1. The van der Waals surface area contributed by atoms with E-state index in [-0.39, 0.29) is 10.6 Å². The summed E-state index contributed by atoms with van der Waals surface area (Å²) in [5, 5.41) is 3.80. The van der Waals surface area contributed by atoms with Crippen molar-refractivity contribution in [3.63, 3.8) is 0 Å². The lowest BCUT2D eigenvalue weighted by Crippen LogP contribution is -2.42. The van der Waals surface area contributed by atoms with Crippen LogP contribution in [0.2, 0.25) is 0 Å². The van der Waals surface area contributed by atoms with Gasteiger partial charge in [0.05, 0.1) is 28.8 Å². The average molecular weight is 494 g/mol. The number of hydrazone groups is 1. The number of hydrogen-bond acceptors (Lipinski definition) is 6. The van der Waals surface area contributed by atoms with Gasteiger partial charge in [0.2, 0.25) is 0 Å². The lowest BCUT2D eigenvalue weighted by Gasteiger charge is -2.22. The minimum atomic E-state index is -4.27. The number of sulfonamides is 1. The number of amides is 1. The third-order valence-corrected chi connectivity index (χ3v) is 7.08. The molecule has 2 aromatic carbocycles.